The smallest absolute Gasteiger partial charge is 0.333 e. The predicted molar refractivity (Wildman–Crippen MR) is 142 cm³/mol. The van der Waals surface area contributed by atoms with Gasteiger partial charge in [-0.1, -0.05) is 24.3 Å². The highest BCUT2D eigenvalue weighted by molar-refractivity contribution is 6.04. The van der Waals surface area contributed by atoms with Gasteiger partial charge in [-0.2, -0.15) is 0 Å². The topological polar surface area (TPSA) is 172 Å². The van der Waals surface area contributed by atoms with E-state index in [1.807, 2.05) is 0 Å². The van der Waals surface area contributed by atoms with Crippen LogP contribution >= 0.6 is 0 Å². The molecule has 3 aromatic carbocycles. The molecule has 0 saturated carbocycles. The summed E-state index contributed by atoms with van der Waals surface area (Å²) in [6, 6.07) is 16.8. The number of methoxy groups -OCH3 is 1. The summed E-state index contributed by atoms with van der Waals surface area (Å²) in [4.78, 5) is 56.1. The molecule has 0 saturated heterocycles. The number of rotatable bonds is 7. The quantitative estimate of drug-likeness (QED) is 0.207. The molecule has 0 aliphatic rings. The number of hydrogen-bond acceptors (Lipinski definition) is 6. The maximum atomic E-state index is 13.0. The summed E-state index contributed by atoms with van der Waals surface area (Å²) in [5.41, 5.74) is 7.05. The Bertz CT molecular complexity index is 1820. The number of carboxylic acid groups (broad SMARTS) is 1. The average Bonchev–Trinajstić information content (AvgIpc) is 3.28. The lowest BCUT2D eigenvalue weighted by atomic mass is 10.1. The first-order valence-electron chi connectivity index (χ1n) is 11.6. The Hall–Kier alpha value is -5.32. The summed E-state index contributed by atoms with van der Waals surface area (Å²) in [6.45, 7) is 0. The molecule has 1 unspecified atom stereocenters. The summed E-state index contributed by atoms with van der Waals surface area (Å²) in [5.74, 6) is -1.53. The molecule has 2 aromatic heterocycles. The minimum atomic E-state index is -1.25. The minimum absolute atomic E-state index is 0.0383. The third-order valence-electron chi connectivity index (χ3n) is 6.25. The van der Waals surface area contributed by atoms with Gasteiger partial charge >= 0.3 is 11.7 Å². The standard InChI is InChI=1S/C27H23N5O6/c1-38-23-17-4-2-3-5-19(17)29-22(23)24(33)30-21(26(35)36)12-14-6-9-16(10-7-14)32-25(34)18-13-15(28)8-11-20(18)31-27(32)37/h2-11,13,21,29H,12,28H2,1H3,(H,30,33)(H,31,37)(H,35,36). The second kappa shape index (κ2) is 9.62. The van der Waals surface area contributed by atoms with Crippen LogP contribution in [0, 0.1) is 0 Å². The first kappa shape index (κ1) is 24.4. The lowest BCUT2D eigenvalue weighted by Crippen LogP contribution is -2.42. The molecule has 0 spiro atoms. The molecule has 0 bridgehead atoms. The van der Waals surface area contributed by atoms with Gasteiger partial charge in [-0.25, -0.2) is 14.2 Å². The third-order valence-corrected chi connectivity index (χ3v) is 6.25. The Morgan fingerprint density at radius 1 is 1.00 bits per heavy atom. The van der Waals surface area contributed by atoms with Gasteiger partial charge in [0, 0.05) is 23.0 Å². The number of fused-ring (bicyclic) bond motifs is 2. The molecule has 2 heterocycles. The number of aliphatic carboxylic acids is 1. The van der Waals surface area contributed by atoms with Gasteiger partial charge in [0.2, 0.25) is 0 Å². The molecule has 5 rings (SSSR count). The van der Waals surface area contributed by atoms with Crippen LogP contribution in [0.2, 0.25) is 0 Å². The number of ether oxygens (including phenoxy) is 1. The molecule has 6 N–H and O–H groups in total. The molecular weight excluding hydrogens is 490 g/mol. The van der Waals surface area contributed by atoms with Crippen LogP contribution in [-0.4, -0.2) is 44.7 Å². The molecule has 11 nitrogen and oxygen atoms in total. The van der Waals surface area contributed by atoms with Crippen LogP contribution in [0.15, 0.2) is 76.3 Å². The number of aromatic amines is 2. The van der Waals surface area contributed by atoms with Gasteiger partial charge in [0.1, 0.15) is 11.7 Å². The average molecular weight is 514 g/mol. The number of nitrogens with zero attached hydrogens (tertiary/aromatic N) is 1. The zero-order valence-electron chi connectivity index (χ0n) is 20.1. The van der Waals surface area contributed by atoms with Gasteiger partial charge in [-0.15, -0.1) is 0 Å². The van der Waals surface area contributed by atoms with Crippen LogP contribution < -0.4 is 27.0 Å². The molecule has 11 heteroatoms. The van der Waals surface area contributed by atoms with Crippen molar-refractivity contribution in [3.63, 3.8) is 0 Å². The summed E-state index contributed by atoms with van der Waals surface area (Å²) >= 11 is 0. The number of H-pyrrole nitrogens is 2. The summed E-state index contributed by atoms with van der Waals surface area (Å²) < 4.78 is 6.36. The number of anilines is 1. The number of nitrogens with two attached hydrogens (primary N) is 1. The number of carbonyl (C=O) groups is 2. The van der Waals surface area contributed by atoms with E-state index in [9.17, 15) is 24.3 Å². The van der Waals surface area contributed by atoms with Crippen LogP contribution in [0.25, 0.3) is 27.5 Å². The fourth-order valence-electron chi connectivity index (χ4n) is 4.40. The second-order valence-corrected chi connectivity index (χ2v) is 8.69. The van der Waals surface area contributed by atoms with E-state index in [2.05, 4.69) is 15.3 Å². The number of nitrogen functional groups attached to an aromatic ring is 1. The van der Waals surface area contributed by atoms with E-state index in [0.717, 1.165) is 4.57 Å². The fraction of sp³-hybridized carbons (Fsp3) is 0.111. The second-order valence-electron chi connectivity index (χ2n) is 8.69. The SMILES string of the molecule is COc1c(C(=O)NC(Cc2ccc(-n3c(=O)[nH]c4ccc(N)cc4c3=O)cc2)C(=O)O)[nH]c2ccccc12. The van der Waals surface area contributed by atoms with Gasteiger partial charge in [-0.05, 0) is 48.0 Å². The number of aromatic nitrogens is 3. The Balaban J connectivity index is 1.40. The highest BCUT2D eigenvalue weighted by Crippen LogP contribution is 2.29. The number of para-hydroxylation sites is 1. The zero-order valence-corrected chi connectivity index (χ0v) is 20.1. The van der Waals surface area contributed by atoms with E-state index < -0.39 is 29.2 Å². The van der Waals surface area contributed by atoms with Crippen molar-refractivity contribution in [3.8, 4) is 11.4 Å². The molecule has 1 atom stereocenters. The Morgan fingerprint density at radius 3 is 2.42 bits per heavy atom. The Kier molecular flexibility index (Phi) is 6.17. The number of carbonyl (C=O) groups excluding carboxylic acids is 1. The van der Waals surface area contributed by atoms with E-state index in [-0.39, 0.29) is 17.5 Å². The maximum absolute atomic E-state index is 13.0. The summed E-state index contributed by atoms with van der Waals surface area (Å²) in [6.07, 6.45) is -0.0383. The van der Waals surface area contributed by atoms with Crippen molar-refractivity contribution in [2.45, 2.75) is 12.5 Å². The molecule has 0 radical (unpaired) electrons. The van der Waals surface area contributed by atoms with Crippen LogP contribution in [0.5, 0.6) is 5.75 Å². The van der Waals surface area contributed by atoms with Gasteiger partial charge in [0.05, 0.1) is 23.7 Å². The van der Waals surface area contributed by atoms with E-state index >= 15 is 0 Å². The molecule has 5 aromatic rings. The maximum Gasteiger partial charge on any atom is 0.333 e. The first-order valence-corrected chi connectivity index (χ1v) is 11.6. The van der Waals surface area contributed by atoms with Gasteiger partial charge in [-0.3, -0.25) is 9.59 Å². The molecule has 1 amide bonds. The lowest BCUT2D eigenvalue weighted by molar-refractivity contribution is -0.139. The number of nitrogens with one attached hydrogen (secondary N) is 3. The Labute approximate surface area is 214 Å². The number of carboxylic acids is 1. The molecule has 192 valence electrons. The highest BCUT2D eigenvalue weighted by atomic mass is 16.5. The minimum Gasteiger partial charge on any atom is -0.494 e. The van der Waals surface area contributed by atoms with Crippen molar-refractivity contribution in [1.82, 2.24) is 19.9 Å². The Morgan fingerprint density at radius 2 is 1.71 bits per heavy atom. The monoisotopic (exact) mass is 513 g/mol. The van der Waals surface area contributed by atoms with Crippen molar-refractivity contribution in [1.29, 1.82) is 0 Å². The number of amides is 1. The van der Waals surface area contributed by atoms with Crippen LogP contribution in [0.3, 0.4) is 0 Å². The fourth-order valence-corrected chi connectivity index (χ4v) is 4.40. The molecule has 0 aliphatic heterocycles. The molecular formula is C27H23N5O6. The van der Waals surface area contributed by atoms with Gasteiger partial charge < -0.3 is 30.9 Å². The van der Waals surface area contributed by atoms with Crippen molar-refractivity contribution < 1.29 is 19.4 Å². The van der Waals surface area contributed by atoms with E-state index in [0.29, 0.717) is 39.1 Å². The normalized spacial score (nSPS) is 11.9. The van der Waals surface area contributed by atoms with Crippen molar-refractivity contribution in [3.05, 3.63) is 98.8 Å². The van der Waals surface area contributed by atoms with Crippen molar-refractivity contribution in [2.24, 2.45) is 0 Å². The van der Waals surface area contributed by atoms with E-state index in [1.165, 1.54) is 25.3 Å². The summed E-state index contributed by atoms with van der Waals surface area (Å²) in [5, 5.41) is 13.3. The lowest BCUT2D eigenvalue weighted by Gasteiger charge is -2.15. The molecule has 0 fully saturated rings. The van der Waals surface area contributed by atoms with Crippen molar-refractivity contribution >= 4 is 39.4 Å². The first-order chi connectivity index (χ1) is 18.3. The zero-order chi connectivity index (χ0) is 27.0. The summed E-state index contributed by atoms with van der Waals surface area (Å²) in [7, 11) is 1.43. The van der Waals surface area contributed by atoms with Gasteiger partial charge in [0.25, 0.3) is 11.5 Å². The molecule has 0 aliphatic carbocycles. The predicted octanol–water partition coefficient (Wildman–Crippen LogP) is 2.18. The number of hydrogen-bond donors (Lipinski definition) is 5. The van der Waals surface area contributed by atoms with Gasteiger partial charge in [0.15, 0.2) is 5.75 Å². The van der Waals surface area contributed by atoms with E-state index in [4.69, 9.17) is 10.5 Å². The highest BCUT2D eigenvalue weighted by Gasteiger charge is 2.25. The number of benzene rings is 3. The largest absolute Gasteiger partial charge is 0.494 e. The van der Waals surface area contributed by atoms with Crippen LogP contribution in [-0.2, 0) is 11.2 Å². The van der Waals surface area contributed by atoms with Crippen LogP contribution in [0.4, 0.5) is 5.69 Å². The van der Waals surface area contributed by atoms with Crippen molar-refractivity contribution in [2.75, 3.05) is 12.8 Å². The molecule has 38 heavy (non-hydrogen) atoms. The third kappa shape index (κ3) is 4.37. The van der Waals surface area contributed by atoms with Crippen LogP contribution in [0.1, 0.15) is 16.1 Å². The van der Waals surface area contributed by atoms with E-state index in [1.54, 1.807) is 48.5 Å².